The van der Waals surface area contributed by atoms with Gasteiger partial charge in [0.25, 0.3) is 0 Å². The molecule has 0 aromatic heterocycles. The molecule has 14 heteroatoms. The molecule has 2 unspecified atom stereocenters. The summed E-state index contributed by atoms with van der Waals surface area (Å²) in [5.74, 6) is -2.53. The molecule has 0 aromatic carbocycles. The molecule has 0 amide bonds. The summed E-state index contributed by atoms with van der Waals surface area (Å²) < 4.78 is 70.0. The van der Waals surface area contributed by atoms with E-state index in [1.54, 1.807) is 40.4 Å². The summed E-state index contributed by atoms with van der Waals surface area (Å²) in [6.07, 6.45) is 10.1. The van der Waals surface area contributed by atoms with Crippen LogP contribution < -0.4 is 0 Å². The van der Waals surface area contributed by atoms with Gasteiger partial charge in [-0.1, -0.05) is 70.6 Å². The predicted molar refractivity (Wildman–Crippen MR) is 232 cm³/mol. The Kier molecular flexibility index (Phi) is 15.7. The summed E-state index contributed by atoms with van der Waals surface area (Å²) in [4.78, 5) is 14.4. The summed E-state index contributed by atoms with van der Waals surface area (Å²) in [7, 11) is 5.00. The monoisotopic (exact) mass is 887 g/mol. The lowest BCUT2D eigenvalue weighted by Crippen LogP contribution is -2.58. The molecule has 1 spiro atoms. The van der Waals surface area contributed by atoms with Crippen LogP contribution in [0.2, 0.25) is 0 Å². The molecule has 14 nitrogen and oxygen atoms in total. The van der Waals surface area contributed by atoms with E-state index in [9.17, 15) is 15.0 Å². The van der Waals surface area contributed by atoms with E-state index in [1.807, 2.05) is 32.1 Å². The SMILES string of the molecule is CC[C@H](C)[C@H]1O[C@]2(C=C[C@@H]1C)C[C@@H]1C[C@@H](CC=C(C)C(O[C@H]3C[C@H](OC)C(O[C@H]4C[C@H](OC)[C@@H](OC)[C@H](C)O4)[C@H](C)O3)[C@@H](C)C=CC=C3CO[C@@H]4[C@H](O)C(C)=C[C@@H](C(=O)O1)[C@]34O)O2. The minimum Gasteiger partial charge on any atom is -0.462 e. The molecule has 0 radical (unpaired) electrons. The van der Waals surface area contributed by atoms with Crippen molar-refractivity contribution in [1.82, 2.24) is 0 Å². The van der Waals surface area contributed by atoms with E-state index >= 15 is 0 Å². The van der Waals surface area contributed by atoms with Crippen molar-refractivity contribution in [2.75, 3.05) is 27.9 Å². The quantitative estimate of drug-likeness (QED) is 0.204. The van der Waals surface area contributed by atoms with Crippen molar-refractivity contribution >= 4 is 5.97 Å². The topological polar surface area (TPSA) is 159 Å². The molecular weight excluding hydrogens is 813 g/mol. The number of aliphatic hydroxyl groups excluding tert-OH is 1. The zero-order valence-electron chi connectivity index (χ0n) is 39.2. The number of carbonyl (C=O) groups is 1. The lowest BCUT2D eigenvalue weighted by molar-refractivity contribution is -0.319. The number of allylic oxidation sites excluding steroid dienone is 2. The number of carbonyl (C=O) groups excluding carboxylic acids is 1. The standard InChI is InChI=1S/C49H74O14/c1-12-26(2)43-29(5)18-19-48(63-43)24-35-21-34(62-48)17-16-28(4)42(27(3)14-13-15-33-25-56-46-41(50)30(6)20-36(47(51)59-35)49(33,46)52)60-39-23-38(54-10)45(32(8)58-39)61-40-22-37(53-9)44(55-11)31(7)57-40/h13-16,18-20,26-27,29,31-32,34-46,50,52H,12,17,21-25H2,1-11H3/t26-,27-,29-,31-,32-,34+,35-,36-,37-,38-,39-,40-,41+,42?,43+,44-,45?,46+,48+,49+/m0/s1. The Labute approximate surface area is 374 Å². The molecule has 6 aliphatic heterocycles. The van der Waals surface area contributed by atoms with Gasteiger partial charge in [-0.2, -0.15) is 0 Å². The molecule has 2 bridgehead atoms. The molecular formula is C49H74O14. The Balaban J connectivity index is 1.18. The zero-order valence-corrected chi connectivity index (χ0v) is 39.2. The molecule has 2 N–H and O–H groups in total. The fourth-order valence-electron chi connectivity index (χ4n) is 10.9. The van der Waals surface area contributed by atoms with Crippen LogP contribution in [-0.4, -0.2) is 141 Å². The highest BCUT2D eigenvalue weighted by Gasteiger charge is 2.60. The van der Waals surface area contributed by atoms with Crippen molar-refractivity contribution < 1.29 is 67.1 Å². The van der Waals surface area contributed by atoms with Crippen LogP contribution in [0.3, 0.4) is 0 Å². The van der Waals surface area contributed by atoms with Crippen LogP contribution in [0.4, 0.5) is 0 Å². The third-order valence-corrected chi connectivity index (χ3v) is 14.7. The van der Waals surface area contributed by atoms with Gasteiger partial charge in [0.2, 0.25) is 0 Å². The maximum atomic E-state index is 14.4. The van der Waals surface area contributed by atoms with Crippen molar-refractivity contribution in [3.05, 3.63) is 59.3 Å². The fraction of sp³-hybridized carbons (Fsp3) is 0.776. The third-order valence-electron chi connectivity index (χ3n) is 14.7. The number of esters is 1. The van der Waals surface area contributed by atoms with Gasteiger partial charge in [0.05, 0.1) is 49.3 Å². The maximum Gasteiger partial charge on any atom is 0.316 e. The minimum absolute atomic E-state index is 0.0380. The van der Waals surface area contributed by atoms with Crippen LogP contribution in [0.1, 0.15) is 93.9 Å². The van der Waals surface area contributed by atoms with Gasteiger partial charge in [0, 0.05) is 58.8 Å². The highest BCUT2D eigenvalue weighted by Crippen LogP contribution is 2.47. The Bertz CT molecular complexity index is 1740. The average Bonchev–Trinajstić information content (AvgIpc) is 3.60. The molecule has 0 aromatic rings. The van der Waals surface area contributed by atoms with Crippen molar-refractivity contribution in [2.24, 2.45) is 23.7 Å². The van der Waals surface area contributed by atoms with Crippen LogP contribution in [0.15, 0.2) is 59.3 Å². The van der Waals surface area contributed by atoms with Gasteiger partial charge >= 0.3 is 5.97 Å². The minimum atomic E-state index is -1.83. The lowest BCUT2D eigenvalue weighted by atomic mass is 9.71. The number of hydrogen-bond acceptors (Lipinski definition) is 14. The number of methoxy groups -OCH3 is 3. The zero-order chi connectivity index (χ0) is 45.4. The molecule has 7 rings (SSSR count). The van der Waals surface area contributed by atoms with Crippen molar-refractivity contribution in [3.63, 3.8) is 0 Å². The summed E-state index contributed by atoms with van der Waals surface area (Å²) in [6, 6.07) is 0. The first-order valence-corrected chi connectivity index (χ1v) is 23.2. The first-order valence-electron chi connectivity index (χ1n) is 23.2. The molecule has 4 saturated heterocycles. The van der Waals surface area contributed by atoms with Gasteiger partial charge in [-0.15, -0.1) is 0 Å². The van der Waals surface area contributed by atoms with E-state index in [4.69, 9.17) is 52.1 Å². The number of ether oxygens (including phenoxy) is 11. The molecule has 6 heterocycles. The molecule has 20 atom stereocenters. The summed E-state index contributed by atoms with van der Waals surface area (Å²) in [5, 5.41) is 23.7. The van der Waals surface area contributed by atoms with Gasteiger partial charge < -0.3 is 62.3 Å². The number of rotatable bonds is 9. The van der Waals surface area contributed by atoms with E-state index < -0.39 is 72.5 Å². The Hall–Kier alpha value is -2.31. The third kappa shape index (κ3) is 10.0. The summed E-state index contributed by atoms with van der Waals surface area (Å²) in [6.45, 7) is 16.3. The van der Waals surface area contributed by atoms with Gasteiger partial charge in [0.1, 0.15) is 42.0 Å². The summed E-state index contributed by atoms with van der Waals surface area (Å²) in [5.41, 5.74) is 0.165. The van der Waals surface area contributed by atoms with E-state index in [0.717, 1.165) is 12.0 Å². The number of hydrogen-bond donors (Lipinski definition) is 2. The first kappa shape index (κ1) is 48.6. The van der Waals surface area contributed by atoms with Gasteiger partial charge in [-0.05, 0) is 62.8 Å². The Morgan fingerprint density at radius 1 is 0.857 bits per heavy atom. The summed E-state index contributed by atoms with van der Waals surface area (Å²) >= 11 is 0. The van der Waals surface area contributed by atoms with E-state index in [0.29, 0.717) is 43.3 Å². The van der Waals surface area contributed by atoms with Crippen LogP contribution >= 0.6 is 0 Å². The fourth-order valence-corrected chi connectivity index (χ4v) is 10.9. The van der Waals surface area contributed by atoms with E-state index in [-0.39, 0.29) is 61.0 Å². The van der Waals surface area contributed by atoms with Crippen LogP contribution in [0.25, 0.3) is 0 Å². The van der Waals surface area contributed by atoms with Crippen molar-refractivity contribution in [1.29, 1.82) is 0 Å². The highest BCUT2D eigenvalue weighted by atomic mass is 16.7. The Morgan fingerprint density at radius 3 is 2.22 bits per heavy atom. The largest absolute Gasteiger partial charge is 0.462 e. The van der Waals surface area contributed by atoms with Crippen LogP contribution in [0.5, 0.6) is 0 Å². The van der Waals surface area contributed by atoms with Crippen LogP contribution in [-0.2, 0) is 56.9 Å². The molecule has 1 aliphatic carbocycles. The van der Waals surface area contributed by atoms with Crippen molar-refractivity contribution in [3.8, 4) is 0 Å². The Morgan fingerprint density at radius 2 is 1.54 bits per heavy atom. The smallest absolute Gasteiger partial charge is 0.316 e. The molecule has 7 aliphatic rings. The normalized spacial score (nSPS) is 46.4. The maximum absolute atomic E-state index is 14.4. The molecule has 63 heavy (non-hydrogen) atoms. The average molecular weight is 887 g/mol. The highest BCUT2D eigenvalue weighted by molar-refractivity contribution is 5.78. The lowest BCUT2D eigenvalue weighted by Gasteiger charge is -2.48. The second-order valence-corrected chi connectivity index (χ2v) is 19.2. The number of fused-ring (bicyclic) bond motifs is 2. The molecule has 354 valence electrons. The second-order valence-electron chi connectivity index (χ2n) is 19.2. The predicted octanol–water partition coefficient (Wildman–Crippen LogP) is 6.03. The second kappa shape index (κ2) is 20.3. The first-order chi connectivity index (χ1) is 30.0. The molecule has 4 fully saturated rings. The van der Waals surface area contributed by atoms with E-state index in [2.05, 4.69) is 46.8 Å². The van der Waals surface area contributed by atoms with Crippen molar-refractivity contribution in [2.45, 2.75) is 191 Å². The van der Waals surface area contributed by atoms with E-state index in [1.165, 1.54) is 0 Å². The van der Waals surface area contributed by atoms with Gasteiger partial charge in [-0.25, -0.2) is 0 Å². The van der Waals surface area contributed by atoms with Crippen LogP contribution in [0, 0.1) is 23.7 Å². The van der Waals surface area contributed by atoms with Gasteiger partial charge in [-0.3, -0.25) is 4.79 Å². The number of aliphatic hydroxyl groups is 2. The van der Waals surface area contributed by atoms with Gasteiger partial charge in [0.15, 0.2) is 18.4 Å². The molecule has 0 saturated carbocycles.